The van der Waals surface area contributed by atoms with Crippen molar-refractivity contribution < 1.29 is 9.53 Å². The molecule has 1 aromatic rings. The van der Waals surface area contributed by atoms with Crippen LogP contribution in [-0.2, 0) is 16.1 Å². The average molecular weight is 322 g/mol. The molecule has 0 aliphatic heterocycles. The van der Waals surface area contributed by atoms with Crippen LogP contribution in [-0.4, -0.2) is 16.1 Å². The van der Waals surface area contributed by atoms with E-state index in [9.17, 15) is 4.79 Å². The van der Waals surface area contributed by atoms with Crippen molar-refractivity contribution in [2.24, 2.45) is 0 Å². The number of esters is 1. The number of benzene rings is 1. The molecule has 1 rings (SSSR count). The van der Waals surface area contributed by atoms with Gasteiger partial charge < -0.3 is 4.74 Å². The Morgan fingerprint density at radius 1 is 1.36 bits per heavy atom. The maximum atomic E-state index is 11.2. The lowest BCUT2D eigenvalue weighted by atomic mass is 10.2. The van der Waals surface area contributed by atoms with Gasteiger partial charge in [0.05, 0.1) is 0 Å². The summed E-state index contributed by atoms with van der Waals surface area (Å²) < 4.78 is 5.06. The maximum absolute atomic E-state index is 11.2. The van der Waals surface area contributed by atoms with Gasteiger partial charge in [-0.15, -0.1) is 0 Å². The zero-order valence-electron chi connectivity index (χ0n) is 7.45. The summed E-state index contributed by atoms with van der Waals surface area (Å²) in [6.45, 7) is 0.328. The third kappa shape index (κ3) is 3.80. The Labute approximate surface area is 99.9 Å². The van der Waals surface area contributed by atoms with E-state index in [2.05, 4.69) is 31.9 Å². The Balaban J connectivity index is 2.38. The molecule has 0 fully saturated rings. The molecule has 14 heavy (non-hydrogen) atoms. The highest BCUT2D eigenvalue weighted by Crippen LogP contribution is 2.08. The van der Waals surface area contributed by atoms with Crippen molar-refractivity contribution in [2.75, 3.05) is 5.33 Å². The van der Waals surface area contributed by atoms with Crippen LogP contribution in [0.1, 0.15) is 5.56 Å². The fraction of sp³-hybridized carbons (Fsp3) is 0.300. The van der Waals surface area contributed by atoms with Crippen molar-refractivity contribution in [1.82, 2.24) is 0 Å². The minimum absolute atomic E-state index is 0.245. The summed E-state index contributed by atoms with van der Waals surface area (Å²) in [6, 6.07) is 9.60. The number of alkyl halides is 2. The molecule has 0 saturated carbocycles. The fourth-order valence-corrected chi connectivity index (χ4v) is 1.28. The largest absolute Gasteiger partial charge is 0.460 e. The van der Waals surface area contributed by atoms with E-state index in [1.54, 1.807) is 0 Å². The molecule has 0 saturated heterocycles. The third-order valence-electron chi connectivity index (χ3n) is 1.62. The molecule has 0 aliphatic rings. The number of carbonyl (C=O) groups is 1. The zero-order chi connectivity index (χ0) is 10.4. The minimum atomic E-state index is -0.272. The molecule has 0 amide bonds. The molecule has 76 valence electrons. The number of carbonyl (C=O) groups excluding carboxylic acids is 1. The van der Waals surface area contributed by atoms with E-state index in [1.165, 1.54) is 0 Å². The van der Waals surface area contributed by atoms with E-state index in [0.717, 1.165) is 5.56 Å². The molecule has 0 aliphatic carbocycles. The Kier molecular flexibility index (Phi) is 5.19. The van der Waals surface area contributed by atoms with Crippen molar-refractivity contribution in [1.29, 1.82) is 0 Å². The number of halogens is 2. The van der Waals surface area contributed by atoms with E-state index in [-0.39, 0.29) is 10.8 Å². The van der Waals surface area contributed by atoms with Gasteiger partial charge in [0.2, 0.25) is 0 Å². The van der Waals surface area contributed by atoms with Crippen LogP contribution >= 0.6 is 31.9 Å². The summed E-state index contributed by atoms with van der Waals surface area (Å²) in [5.74, 6) is -0.245. The lowest BCUT2D eigenvalue weighted by Crippen LogP contribution is -2.18. The summed E-state index contributed by atoms with van der Waals surface area (Å²) in [6.07, 6.45) is 0. The Hall–Kier alpha value is -0.350. The lowest BCUT2D eigenvalue weighted by molar-refractivity contribution is -0.143. The first-order valence-electron chi connectivity index (χ1n) is 4.14. The monoisotopic (exact) mass is 320 g/mol. The van der Waals surface area contributed by atoms with Gasteiger partial charge in [-0.1, -0.05) is 62.2 Å². The first-order chi connectivity index (χ1) is 6.74. The van der Waals surface area contributed by atoms with Crippen LogP contribution in [0.5, 0.6) is 0 Å². The number of hydrogen-bond acceptors (Lipinski definition) is 2. The topological polar surface area (TPSA) is 26.3 Å². The van der Waals surface area contributed by atoms with Crippen LogP contribution in [0.25, 0.3) is 0 Å². The van der Waals surface area contributed by atoms with Crippen molar-refractivity contribution in [3.63, 3.8) is 0 Å². The van der Waals surface area contributed by atoms with E-state index in [1.807, 2.05) is 30.3 Å². The van der Waals surface area contributed by atoms with Gasteiger partial charge >= 0.3 is 5.97 Å². The maximum Gasteiger partial charge on any atom is 0.320 e. The average Bonchev–Trinajstić information content (AvgIpc) is 2.26. The van der Waals surface area contributed by atoms with Gasteiger partial charge in [0.25, 0.3) is 0 Å². The summed E-state index contributed by atoms with van der Waals surface area (Å²) in [5.41, 5.74) is 0.995. The van der Waals surface area contributed by atoms with Crippen LogP contribution in [0.2, 0.25) is 0 Å². The van der Waals surface area contributed by atoms with E-state index >= 15 is 0 Å². The van der Waals surface area contributed by atoms with Crippen LogP contribution in [0, 0.1) is 0 Å². The lowest BCUT2D eigenvalue weighted by Gasteiger charge is -2.07. The summed E-state index contributed by atoms with van der Waals surface area (Å²) in [5, 5.41) is 0.556. The highest BCUT2D eigenvalue weighted by molar-refractivity contribution is 9.12. The van der Waals surface area contributed by atoms with E-state index in [0.29, 0.717) is 11.9 Å². The van der Waals surface area contributed by atoms with Gasteiger partial charge in [-0.3, -0.25) is 4.79 Å². The number of rotatable bonds is 4. The Morgan fingerprint density at radius 2 is 2.00 bits per heavy atom. The van der Waals surface area contributed by atoms with E-state index in [4.69, 9.17) is 4.74 Å². The molecule has 0 N–H and O–H groups in total. The molecule has 0 radical (unpaired) electrons. The van der Waals surface area contributed by atoms with Crippen molar-refractivity contribution in [3.8, 4) is 0 Å². The summed E-state index contributed by atoms with van der Waals surface area (Å²) in [4.78, 5) is 11.0. The van der Waals surface area contributed by atoms with Gasteiger partial charge in [0, 0.05) is 5.33 Å². The van der Waals surface area contributed by atoms with Crippen LogP contribution in [0.4, 0.5) is 0 Å². The second-order valence-corrected chi connectivity index (χ2v) is 4.47. The van der Waals surface area contributed by atoms with Crippen molar-refractivity contribution in [3.05, 3.63) is 35.9 Å². The molecule has 2 nitrogen and oxygen atoms in total. The highest BCUT2D eigenvalue weighted by atomic mass is 79.9. The van der Waals surface area contributed by atoms with Crippen molar-refractivity contribution in [2.45, 2.75) is 11.4 Å². The Bertz CT molecular complexity index is 287. The summed E-state index contributed by atoms with van der Waals surface area (Å²) >= 11 is 6.39. The highest BCUT2D eigenvalue weighted by Gasteiger charge is 2.14. The van der Waals surface area contributed by atoms with Crippen molar-refractivity contribution >= 4 is 37.8 Å². The quantitative estimate of drug-likeness (QED) is 0.629. The molecular weight excluding hydrogens is 312 g/mol. The van der Waals surface area contributed by atoms with Gasteiger partial charge in [-0.05, 0) is 5.56 Å². The van der Waals surface area contributed by atoms with E-state index < -0.39 is 0 Å². The zero-order valence-corrected chi connectivity index (χ0v) is 10.6. The molecule has 0 bridgehead atoms. The van der Waals surface area contributed by atoms with Crippen LogP contribution in [0.3, 0.4) is 0 Å². The third-order valence-corrected chi connectivity index (χ3v) is 3.83. The second-order valence-electron chi connectivity index (χ2n) is 2.72. The van der Waals surface area contributed by atoms with Gasteiger partial charge in [0.15, 0.2) is 0 Å². The SMILES string of the molecule is O=C(OCc1ccccc1)C(Br)CBr. The first kappa shape index (κ1) is 11.7. The van der Waals surface area contributed by atoms with Gasteiger partial charge in [0.1, 0.15) is 11.4 Å². The first-order valence-corrected chi connectivity index (χ1v) is 6.18. The van der Waals surface area contributed by atoms with Gasteiger partial charge in [-0.25, -0.2) is 0 Å². The standard InChI is InChI=1S/C10H10Br2O2/c11-6-9(12)10(13)14-7-8-4-2-1-3-5-8/h1-5,9H,6-7H2. The van der Waals surface area contributed by atoms with Crippen LogP contribution in [0.15, 0.2) is 30.3 Å². The smallest absolute Gasteiger partial charge is 0.320 e. The van der Waals surface area contributed by atoms with Gasteiger partial charge in [-0.2, -0.15) is 0 Å². The molecule has 0 spiro atoms. The number of hydrogen-bond donors (Lipinski definition) is 0. The molecule has 0 heterocycles. The van der Waals surface area contributed by atoms with Crippen LogP contribution < -0.4 is 0 Å². The number of ether oxygens (including phenoxy) is 1. The Morgan fingerprint density at radius 3 is 2.57 bits per heavy atom. The minimum Gasteiger partial charge on any atom is -0.460 e. The molecule has 1 aromatic carbocycles. The predicted molar refractivity (Wildman–Crippen MR) is 62.7 cm³/mol. The summed E-state index contributed by atoms with van der Waals surface area (Å²) in [7, 11) is 0. The second kappa shape index (κ2) is 6.19. The molecular formula is C10H10Br2O2. The molecule has 4 heteroatoms. The normalized spacial score (nSPS) is 12.1. The molecule has 1 unspecified atom stereocenters. The fourth-order valence-electron chi connectivity index (χ4n) is 0.882. The predicted octanol–water partition coefficient (Wildman–Crippen LogP) is 2.89. The molecule has 1 atom stereocenters. The molecule has 0 aromatic heterocycles.